The number of nitrogens with one attached hydrogen (secondary N) is 1. The van der Waals surface area contributed by atoms with E-state index in [1.165, 1.54) is 27.7 Å². The molecule has 4 rings (SSSR count). The second-order valence-electron chi connectivity index (χ2n) is 7.37. The van der Waals surface area contributed by atoms with Crippen LogP contribution in [0.3, 0.4) is 0 Å². The van der Waals surface area contributed by atoms with Gasteiger partial charge in [-0.2, -0.15) is 0 Å². The van der Waals surface area contributed by atoms with Crippen molar-refractivity contribution in [3.8, 4) is 5.75 Å². The molecule has 1 N–H and O–H groups in total. The molecule has 7 heteroatoms. The molecule has 0 aliphatic carbocycles. The number of aromatic nitrogens is 2. The number of amides is 1. The van der Waals surface area contributed by atoms with E-state index in [-0.39, 0.29) is 5.91 Å². The van der Waals surface area contributed by atoms with Crippen LogP contribution in [-0.2, 0) is 10.5 Å². The first-order valence-corrected chi connectivity index (χ1v) is 11.8. The zero-order valence-corrected chi connectivity index (χ0v) is 19.2. The number of anilines is 1. The number of thioether (sulfide) groups is 1. The number of benzene rings is 3. The van der Waals surface area contributed by atoms with Crippen LogP contribution in [0, 0.1) is 13.8 Å². The number of carbonyl (C=O) groups is 1. The van der Waals surface area contributed by atoms with Crippen LogP contribution in [0.5, 0.6) is 5.75 Å². The molecule has 0 radical (unpaired) electrons. The van der Waals surface area contributed by atoms with E-state index in [2.05, 4.69) is 58.0 Å². The molecule has 1 heterocycles. The Hall–Kier alpha value is -2.90. The topological polar surface area (TPSA) is 64.1 Å². The van der Waals surface area contributed by atoms with Crippen LogP contribution in [0.25, 0.3) is 10.8 Å². The highest BCUT2D eigenvalue weighted by molar-refractivity contribution is 8.00. The van der Waals surface area contributed by atoms with E-state index in [0.717, 1.165) is 21.2 Å². The van der Waals surface area contributed by atoms with E-state index >= 15 is 0 Å². The number of nitrogens with zero attached hydrogens (tertiary/aromatic N) is 2. The van der Waals surface area contributed by atoms with Gasteiger partial charge in [-0.15, -0.1) is 10.2 Å². The number of carbonyl (C=O) groups excluding carboxylic acids is 1. The molecule has 0 aliphatic rings. The Bertz CT molecular complexity index is 1200. The van der Waals surface area contributed by atoms with Crippen LogP contribution in [-0.4, -0.2) is 22.2 Å². The van der Waals surface area contributed by atoms with Crippen LogP contribution >= 0.6 is 23.1 Å². The van der Waals surface area contributed by atoms with Gasteiger partial charge in [-0.1, -0.05) is 71.6 Å². The summed E-state index contributed by atoms with van der Waals surface area (Å²) in [6.45, 7) is 5.73. The molecular formula is C24H23N3O2S2. The standard InChI is InChI=1S/C24H23N3O2S2/c1-15-11-16(2)13-20(12-15)29-17(3)22(28)25-23-26-27-24(31-23)30-14-19-9-6-8-18-7-4-5-10-21(18)19/h4-13,17H,14H2,1-3H3,(H,25,26,28). The fourth-order valence-electron chi connectivity index (χ4n) is 3.34. The summed E-state index contributed by atoms with van der Waals surface area (Å²) < 4.78 is 6.61. The molecule has 1 amide bonds. The van der Waals surface area contributed by atoms with Crippen molar-refractivity contribution in [2.24, 2.45) is 0 Å². The van der Waals surface area contributed by atoms with E-state index in [1.54, 1.807) is 18.7 Å². The van der Waals surface area contributed by atoms with Crippen LogP contribution in [0.1, 0.15) is 23.6 Å². The molecule has 0 saturated carbocycles. The number of fused-ring (bicyclic) bond motifs is 1. The normalized spacial score (nSPS) is 12.0. The maximum absolute atomic E-state index is 12.5. The second-order valence-corrected chi connectivity index (χ2v) is 9.57. The third kappa shape index (κ3) is 5.42. The van der Waals surface area contributed by atoms with Crippen molar-refractivity contribution in [2.45, 2.75) is 37.0 Å². The summed E-state index contributed by atoms with van der Waals surface area (Å²) in [5, 5.41) is 14.1. The quantitative estimate of drug-likeness (QED) is 0.277. The molecule has 0 bridgehead atoms. The lowest BCUT2D eigenvalue weighted by molar-refractivity contribution is -0.122. The Balaban J connectivity index is 1.35. The second kappa shape index (κ2) is 9.49. The Morgan fingerprint density at radius 2 is 1.81 bits per heavy atom. The summed E-state index contributed by atoms with van der Waals surface area (Å²) >= 11 is 2.98. The van der Waals surface area contributed by atoms with Gasteiger partial charge >= 0.3 is 0 Å². The SMILES string of the molecule is Cc1cc(C)cc(OC(C)C(=O)Nc2nnc(SCc3cccc4ccccc34)s2)c1. The summed E-state index contributed by atoms with van der Waals surface area (Å²) in [7, 11) is 0. The van der Waals surface area contributed by atoms with Crippen LogP contribution in [0.15, 0.2) is 65.0 Å². The van der Waals surface area contributed by atoms with Crippen molar-refractivity contribution in [1.29, 1.82) is 0 Å². The van der Waals surface area contributed by atoms with Crippen molar-refractivity contribution in [3.05, 3.63) is 77.4 Å². The molecule has 4 aromatic rings. The highest BCUT2D eigenvalue weighted by atomic mass is 32.2. The Morgan fingerprint density at radius 3 is 2.61 bits per heavy atom. The van der Waals surface area contributed by atoms with E-state index in [1.807, 2.05) is 32.0 Å². The van der Waals surface area contributed by atoms with Gasteiger partial charge in [0.05, 0.1) is 0 Å². The third-order valence-corrected chi connectivity index (χ3v) is 6.77. The van der Waals surface area contributed by atoms with E-state index < -0.39 is 6.10 Å². The average Bonchev–Trinajstić information content (AvgIpc) is 3.18. The fourth-order valence-corrected chi connectivity index (χ4v) is 5.10. The van der Waals surface area contributed by atoms with Gasteiger partial charge in [0.1, 0.15) is 5.75 Å². The molecule has 158 valence electrons. The van der Waals surface area contributed by atoms with Gasteiger partial charge in [0.2, 0.25) is 5.13 Å². The smallest absolute Gasteiger partial charge is 0.266 e. The van der Waals surface area contributed by atoms with E-state index in [9.17, 15) is 4.79 Å². The minimum Gasteiger partial charge on any atom is -0.481 e. The zero-order valence-electron chi connectivity index (χ0n) is 17.6. The lowest BCUT2D eigenvalue weighted by Crippen LogP contribution is -2.30. The van der Waals surface area contributed by atoms with Crippen molar-refractivity contribution in [3.63, 3.8) is 0 Å². The lowest BCUT2D eigenvalue weighted by Gasteiger charge is -2.14. The molecule has 5 nitrogen and oxygen atoms in total. The van der Waals surface area contributed by atoms with E-state index in [0.29, 0.717) is 10.9 Å². The zero-order chi connectivity index (χ0) is 21.8. The first kappa shape index (κ1) is 21.3. The number of hydrogen-bond donors (Lipinski definition) is 1. The first-order valence-electron chi connectivity index (χ1n) is 9.97. The molecule has 31 heavy (non-hydrogen) atoms. The van der Waals surface area contributed by atoms with Crippen molar-refractivity contribution in [2.75, 3.05) is 5.32 Å². The summed E-state index contributed by atoms with van der Waals surface area (Å²) in [5.41, 5.74) is 3.44. The molecule has 1 unspecified atom stereocenters. The maximum Gasteiger partial charge on any atom is 0.266 e. The fraction of sp³-hybridized carbons (Fsp3) is 0.208. The predicted molar refractivity (Wildman–Crippen MR) is 128 cm³/mol. The largest absolute Gasteiger partial charge is 0.481 e. The summed E-state index contributed by atoms with van der Waals surface area (Å²) in [4.78, 5) is 12.5. The van der Waals surface area contributed by atoms with Crippen LogP contribution in [0.2, 0.25) is 0 Å². The highest BCUT2D eigenvalue weighted by Gasteiger charge is 2.17. The van der Waals surface area contributed by atoms with Crippen LogP contribution < -0.4 is 10.1 Å². The number of rotatable bonds is 7. The van der Waals surface area contributed by atoms with Gasteiger partial charge in [-0.05, 0) is 60.4 Å². The molecule has 3 aromatic carbocycles. The Kier molecular flexibility index (Phi) is 6.53. The van der Waals surface area contributed by atoms with Gasteiger partial charge in [-0.3, -0.25) is 10.1 Å². The van der Waals surface area contributed by atoms with Crippen LogP contribution in [0.4, 0.5) is 5.13 Å². The Morgan fingerprint density at radius 1 is 1.06 bits per heavy atom. The summed E-state index contributed by atoms with van der Waals surface area (Å²) in [5.74, 6) is 1.22. The first-order chi connectivity index (χ1) is 15.0. The van der Waals surface area contributed by atoms with Crippen molar-refractivity contribution < 1.29 is 9.53 Å². The van der Waals surface area contributed by atoms with Gasteiger partial charge in [0.25, 0.3) is 5.91 Å². The number of ether oxygens (including phenoxy) is 1. The van der Waals surface area contributed by atoms with Gasteiger partial charge in [0, 0.05) is 5.75 Å². The Labute approximate surface area is 189 Å². The van der Waals surface area contributed by atoms with E-state index in [4.69, 9.17) is 4.74 Å². The molecular weight excluding hydrogens is 426 g/mol. The minimum absolute atomic E-state index is 0.249. The molecule has 1 aromatic heterocycles. The molecule has 1 atom stereocenters. The van der Waals surface area contributed by atoms with Gasteiger partial charge < -0.3 is 4.74 Å². The monoisotopic (exact) mass is 449 g/mol. The number of aryl methyl sites for hydroxylation is 2. The molecule has 0 aliphatic heterocycles. The molecule has 0 fully saturated rings. The average molecular weight is 450 g/mol. The van der Waals surface area contributed by atoms with Gasteiger partial charge in [0.15, 0.2) is 10.4 Å². The van der Waals surface area contributed by atoms with Crippen molar-refractivity contribution >= 4 is 44.9 Å². The number of hydrogen-bond acceptors (Lipinski definition) is 6. The minimum atomic E-state index is -0.642. The van der Waals surface area contributed by atoms with Gasteiger partial charge in [-0.25, -0.2) is 0 Å². The third-order valence-electron chi connectivity index (χ3n) is 4.74. The molecule has 0 spiro atoms. The highest BCUT2D eigenvalue weighted by Crippen LogP contribution is 2.31. The molecule has 0 saturated heterocycles. The van der Waals surface area contributed by atoms with Crippen molar-refractivity contribution in [1.82, 2.24) is 10.2 Å². The maximum atomic E-state index is 12.5. The summed E-state index contributed by atoms with van der Waals surface area (Å²) in [6, 6.07) is 20.6. The lowest BCUT2D eigenvalue weighted by atomic mass is 10.1. The predicted octanol–water partition coefficient (Wildman–Crippen LogP) is 6.01. The summed E-state index contributed by atoms with van der Waals surface area (Å²) in [6.07, 6.45) is -0.642.